The van der Waals surface area contributed by atoms with Gasteiger partial charge in [-0.3, -0.25) is 4.79 Å². The lowest BCUT2D eigenvalue weighted by atomic mass is 10.1. The van der Waals surface area contributed by atoms with Gasteiger partial charge < -0.3 is 9.84 Å². The fourth-order valence-electron chi connectivity index (χ4n) is 2.72. The summed E-state index contributed by atoms with van der Waals surface area (Å²) in [7, 11) is -3.59. The van der Waals surface area contributed by atoms with Crippen LogP contribution in [-0.4, -0.2) is 25.5 Å². The van der Waals surface area contributed by atoms with E-state index in [4.69, 9.17) is 4.52 Å². The molecule has 2 N–H and O–H groups in total. The fraction of sp³-hybridized carbons (Fsp3) is 0.200. The number of hydrogen-bond donors (Lipinski definition) is 2. The van der Waals surface area contributed by atoms with Crippen LogP contribution in [0.5, 0.6) is 0 Å². The van der Waals surface area contributed by atoms with Gasteiger partial charge in [-0.25, -0.2) is 13.1 Å². The van der Waals surface area contributed by atoms with Crippen LogP contribution >= 0.6 is 0 Å². The molecule has 3 rings (SSSR count). The minimum atomic E-state index is -3.59. The van der Waals surface area contributed by atoms with E-state index in [0.29, 0.717) is 22.7 Å². The van der Waals surface area contributed by atoms with E-state index in [2.05, 4.69) is 15.2 Å². The molecule has 3 aromatic rings. The zero-order valence-corrected chi connectivity index (χ0v) is 16.6. The summed E-state index contributed by atoms with van der Waals surface area (Å²) in [5, 5.41) is 6.76. The van der Waals surface area contributed by atoms with Crippen LogP contribution in [0.4, 0.5) is 5.69 Å². The Morgan fingerprint density at radius 1 is 1.04 bits per heavy atom. The van der Waals surface area contributed by atoms with Gasteiger partial charge in [-0.2, -0.15) is 0 Å². The average molecular weight is 399 g/mol. The molecule has 0 fully saturated rings. The molecule has 1 amide bonds. The number of amides is 1. The Hall–Kier alpha value is -2.97. The molecule has 0 aliphatic carbocycles. The number of nitrogens with one attached hydrogen (secondary N) is 2. The zero-order valence-electron chi connectivity index (χ0n) is 15.8. The molecule has 1 aromatic heterocycles. The van der Waals surface area contributed by atoms with Crippen LogP contribution in [0.2, 0.25) is 0 Å². The van der Waals surface area contributed by atoms with E-state index in [-0.39, 0.29) is 16.8 Å². The maximum Gasteiger partial charge on any atom is 0.261 e. The largest absolute Gasteiger partial charge is 0.360 e. The molecule has 0 atom stereocenters. The molecule has 7 nitrogen and oxygen atoms in total. The van der Waals surface area contributed by atoms with Gasteiger partial charge in [0.2, 0.25) is 10.0 Å². The van der Waals surface area contributed by atoms with Gasteiger partial charge in [-0.05, 0) is 45.0 Å². The predicted octanol–water partition coefficient (Wildman–Crippen LogP) is 3.59. The van der Waals surface area contributed by atoms with Crippen LogP contribution in [0.1, 0.15) is 30.0 Å². The highest BCUT2D eigenvalue weighted by Gasteiger charge is 2.22. The number of nitrogens with zero attached hydrogens (tertiary/aromatic N) is 1. The van der Waals surface area contributed by atoms with Crippen molar-refractivity contribution in [2.75, 3.05) is 5.32 Å². The first-order valence-corrected chi connectivity index (χ1v) is 10.2. The Morgan fingerprint density at radius 2 is 1.68 bits per heavy atom. The van der Waals surface area contributed by atoms with Crippen molar-refractivity contribution in [1.29, 1.82) is 0 Å². The van der Waals surface area contributed by atoms with Crippen molar-refractivity contribution in [3.05, 3.63) is 65.9 Å². The maximum absolute atomic E-state index is 12.8. The monoisotopic (exact) mass is 399 g/mol. The van der Waals surface area contributed by atoms with E-state index in [1.54, 1.807) is 20.8 Å². The highest BCUT2D eigenvalue weighted by Crippen LogP contribution is 2.26. The van der Waals surface area contributed by atoms with Gasteiger partial charge in [0, 0.05) is 17.3 Å². The molecule has 28 heavy (non-hydrogen) atoms. The number of carbonyl (C=O) groups excluding carboxylic acids is 1. The highest BCUT2D eigenvalue weighted by atomic mass is 32.2. The molecule has 0 saturated carbocycles. The first-order chi connectivity index (χ1) is 13.3. The van der Waals surface area contributed by atoms with Gasteiger partial charge in [-0.15, -0.1) is 0 Å². The van der Waals surface area contributed by atoms with Gasteiger partial charge in [0.25, 0.3) is 5.91 Å². The van der Waals surface area contributed by atoms with E-state index >= 15 is 0 Å². The summed E-state index contributed by atoms with van der Waals surface area (Å²) in [6.45, 7) is 5.16. The van der Waals surface area contributed by atoms with E-state index in [9.17, 15) is 13.2 Å². The highest BCUT2D eigenvalue weighted by molar-refractivity contribution is 7.89. The molecule has 8 heteroatoms. The number of anilines is 1. The molecule has 0 bridgehead atoms. The summed E-state index contributed by atoms with van der Waals surface area (Å²) in [5.41, 5.74) is 2.03. The third kappa shape index (κ3) is 4.29. The van der Waals surface area contributed by atoms with Gasteiger partial charge in [-0.1, -0.05) is 35.5 Å². The van der Waals surface area contributed by atoms with E-state index in [1.165, 1.54) is 24.3 Å². The lowest BCUT2D eigenvalue weighted by Crippen LogP contribution is -2.30. The van der Waals surface area contributed by atoms with Gasteiger partial charge in [0.05, 0.1) is 4.90 Å². The summed E-state index contributed by atoms with van der Waals surface area (Å²) in [6, 6.07) is 15.0. The summed E-state index contributed by atoms with van der Waals surface area (Å²) in [4.78, 5) is 12.9. The van der Waals surface area contributed by atoms with Gasteiger partial charge in [0.1, 0.15) is 17.0 Å². The van der Waals surface area contributed by atoms with Crippen LogP contribution in [0.15, 0.2) is 64.0 Å². The maximum atomic E-state index is 12.8. The molecule has 1 heterocycles. The minimum Gasteiger partial charge on any atom is -0.360 e. The van der Waals surface area contributed by atoms with E-state index in [1.807, 2.05) is 30.3 Å². The predicted molar refractivity (Wildman–Crippen MR) is 107 cm³/mol. The molecule has 0 saturated heterocycles. The quantitative estimate of drug-likeness (QED) is 0.660. The molecule has 146 valence electrons. The topological polar surface area (TPSA) is 101 Å². The van der Waals surface area contributed by atoms with Gasteiger partial charge >= 0.3 is 0 Å². The SMILES string of the molecule is Cc1onc(-c2ccccc2)c1C(=O)Nc1ccc(S(=O)(=O)NC(C)C)cc1. The van der Waals surface area contributed by atoms with Crippen LogP contribution in [0, 0.1) is 6.92 Å². The Balaban J connectivity index is 1.82. The number of benzene rings is 2. The second kappa shape index (κ2) is 7.95. The molecule has 0 radical (unpaired) electrons. The van der Waals surface area contributed by atoms with Crippen molar-refractivity contribution < 1.29 is 17.7 Å². The number of rotatable bonds is 6. The van der Waals surface area contributed by atoms with Gasteiger partial charge in [0.15, 0.2) is 0 Å². The third-order valence-electron chi connectivity index (χ3n) is 3.95. The normalized spacial score (nSPS) is 11.6. The van der Waals surface area contributed by atoms with Crippen LogP contribution in [0.25, 0.3) is 11.3 Å². The lowest BCUT2D eigenvalue weighted by molar-refractivity contribution is 0.102. The molecular weight excluding hydrogens is 378 g/mol. The Morgan fingerprint density at radius 3 is 2.29 bits per heavy atom. The Kier molecular flexibility index (Phi) is 5.62. The smallest absolute Gasteiger partial charge is 0.261 e. The Bertz CT molecular complexity index is 1070. The molecule has 0 spiro atoms. The van der Waals surface area contributed by atoms with Crippen LogP contribution < -0.4 is 10.0 Å². The summed E-state index contributed by atoms with van der Waals surface area (Å²) < 4.78 is 32.1. The molecular formula is C20H21N3O4S. The summed E-state index contributed by atoms with van der Waals surface area (Å²) >= 11 is 0. The standard InChI is InChI=1S/C20H21N3O4S/c1-13(2)23-28(25,26)17-11-9-16(10-12-17)21-20(24)18-14(3)27-22-19(18)15-7-5-4-6-8-15/h4-13,23H,1-3H3,(H,21,24). The first-order valence-electron chi connectivity index (χ1n) is 8.73. The molecule has 0 unspecified atom stereocenters. The van der Waals surface area contributed by atoms with Crippen molar-refractivity contribution in [2.24, 2.45) is 0 Å². The number of hydrogen-bond acceptors (Lipinski definition) is 5. The number of aromatic nitrogens is 1. The first kappa shape index (κ1) is 19.8. The van der Waals surface area contributed by atoms with Crippen molar-refractivity contribution in [3.8, 4) is 11.3 Å². The fourth-order valence-corrected chi connectivity index (χ4v) is 3.97. The van der Waals surface area contributed by atoms with Crippen molar-refractivity contribution in [2.45, 2.75) is 31.7 Å². The van der Waals surface area contributed by atoms with Crippen LogP contribution in [-0.2, 0) is 10.0 Å². The van der Waals surface area contributed by atoms with E-state index in [0.717, 1.165) is 5.56 Å². The van der Waals surface area contributed by atoms with Crippen molar-refractivity contribution >= 4 is 21.6 Å². The van der Waals surface area contributed by atoms with E-state index < -0.39 is 10.0 Å². The molecule has 0 aliphatic heterocycles. The second-order valence-corrected chi connectivity index (χ2v) is 8.30. The van der Waals surface area contributed by atoms with Crippen molar-refractivity contribution in [1.82, 2.24) is 9.88 Å². The zero-order chi connectivity index (χ0) is 20.3. The second-order valence-electron chi connectivity index (χ2n) is 6.58. The van der Waals surface area contributed by atoms with Crippen LogP contribution in [0.3, 0.4) is 0 Å². The third-order valence-corrected chi connectivity index (χ3v) is 5.62. The minimum absolute atomic E-state index is 0.130. The number of carbonyl (C=O) groups is 1. The average Bonchev–Trinajstić information content (AvgIpc) is 3.03. The van der Waals surface area contributed by atoms with Crippen molar-refractivity contribution in [3.63, 3.8) is 0 Å². The lowest BCUT2D eigenvalue weighted by Gasteiger charge is -2.10. The summed E-state index contributed by atoms with van der Waals surface area (Å²) in [6.07, 6.45) is 0. The molecule has 0 aliphatic rings. The number of sulfonamides is 1. The molecule has 2 aromatic carbocycles. The number of aryl methyl sites for hydroxylation is 1. The summed E-state index contributed by atoms with van der Waals surface area (Å²) in [5.74, 6) is 0.0187. The Labute approximate surface area is 163 Å².